The van der Waals surface area contributed by atoms with Gasteiger partial charge >= 0.3 is 0 Å². The van der Waals surface area contributed by atoms with Crippen LogP contribution in [0.5, 0.6) is 0 Å². The number of carbonyl (C=O) groups excluding carboxylic acids is 2. The second-order valence-electron chi connectivity index (χ2n) is 5.99. The zero-order valence-corrected chi connectivity index (χ0v) is 15.6. The van der Waals surface area contributed by atoms with Crippen LogP contribution in [0.3, 0.4) is 0 Å². The number of aryl methyl sites for hydroxylation is 1. The molecule has 138 valence electrons. The Balaban J connectivity index is 1.76. The van der Waals surface area contributed by atoms with Crippen LogP contribution >= 0.6 is 11.6 Å². The Morgan fingerprint density at radius 2 is 1.68 bits per heavy atom. The van der Waals surface area contributed by atoms with E-state index >= 15 is 0 Å². The number of nitrogens with zero attached hydrogens (tertiary/aromatic N) is 2. The number of carbonyl (C=O) groups is 2. The number of pyridine rings is 1. The van der Waals surface area contributed by atoms with Gasteiger partial charge in [0.25, 0.3) is 11.8 Å². The predicted octanol–water partition coefficient (Wildman–Crippen LogP) is 4.42. The minimum absolute atomic E-state index is 0.229. The number of hydrogen-bond acceptors (Lipinski definition) is 4. The zero-order valence-electron chi connectivity index (χ0n) is 14.9. The van der Waals surface area contributed by atoms with E-state index in [0.717, 1.165) is 5.56 Å². The first-order chi connectivity index (χ1) is 13.5. The molecule has 0 saturated heterocycles. The van der Waals surface area contributed by atoms with E-state index in [1.807, 2.05) is 13.0 Å². The van der Waals surface area contributed by atoms with Gasteiger partial charge in [-0.1, -0.05) is 17.7 Å². The number of nitriles is 1. The Bertz CT molecular complexity index is 1090. The van der Waals surface area contributed by atoms with Gasteiger partial charge in [0, 0.05) is 28.7 Å². The van der Waals surface area contributed by atoms with Gasteiger partial charge in [-0.25, -0.2) is 4.98 Å². The summed E-state index contributed by atoms with van der Waals surface area (Å²) in [5, 5.41) is 14.7. The molecule has 0 unspecified atom stereocenters. The van der Waals surface area contributed by atoms with Crippen molar-refractivity contribution in [3.63, 3.8) is 0 Å². The molecule has 0 spiro atoms. The molecule has 2 amide bonds. The molecule has 1 heterocycles. The summed E-state index contributed by atoms with van der Waals surface area (Å²) in [6.07, 6.45) is 1.46. The quantitative estimate of drug-likeness (QED) is 0.644. The van der Waals surface area contributed by atoms with Gasteiger partial charge in [-0.2, -0.15) is 5.26 Å². The molecular weight excluding hydrogens is 376 g/mol. The van der Waals surface area contributed by atoms with Gasteiger partial charge in [0.05, 0.1) is 11.6 Å². The Hall–Kier alpha value is -3.69. The lowest BCUT2D eigenvalue weighted by Crippen LogP contribution is -2.15. The fourth-order valence-corrected chi connectivity index (χ4v) is 2.65. The van der Waals surface area contributed by atoms with Crippen molar-refractivity contribution in [2.75, 3.05) is 10.6 Å². The highest BCUT2D eigenvalue weighted by atomic mass is 35.5. The highest BCUT2D eigenvalue weighted by Crippen LogP contribution is 2.22. The van der Waals surface area contributed by atoms with Gasteiger partial charge in [-0.05, 0) is 61.0 Å². The molecule has 3 rings (SSSR count). The maximum Gasteiger partial charge on any atom is 0.255 e. The Morgan fingerprint density at radius 3 is 2.36 bits per heavy atom. The summed E-state index contributed by atoms with van der Waals surface area (Å²) in [4.78, 5) is 28.7. The first-order valence-electron chi connectivity index (χ1n) is 8.31. The summed E-state index contributed by atoms with van der Waals surface area (Å²) in [6, 6.07) is 16.6. The molecule has 2 aromatic carbocycles. The minimum Gasteiger partial charge on any atom is -0.322 e. The number of halogens is 1. The van der Waals surface area contributed by atoms with Gasteiger partial charge in [-0.3, -0.25) is 9.59 Å². The van der Waals surface area contributed by atoms with Crippen molar-refractivity contribution in [3.8, 4) is 6.07 Å². The fourth-order valence-electron chi connectivity index (χ4n) is 2.47. The molecule has 0 aliphatic heterocycles. The summed E-state index contributed by atoms with van der Waals surface area (Å²) < 4.78 is 0. The molecule has 0 aliphatic rings. The van der Waals surface area contributed by atoms with Crippen LogP contribution in [0.25, 0.3) is 0 Å². The summed E-state index contributed by atoms with van der Waals surface area (Å²) in [5.41, 5.74) is 3.22. The highest BCUT2D eigenvalue weighted by molar-refractivity contribution is 6.29. The number of rotatable bonds is 4. The molecule has 0 saturated carbocycles. The second kappa shape index (κ2) is 8.33. The average molecular weight is 391 g/mol. The number of aromatic nitrogens is 1. The average Bonchev–Trinajstić information content (AvgIpc) is 2.70. The molecule has 2 N–H and O–H groups in total. The summed E-state index contributed by atoms with van der Waals surface area (Å²) >= 11 is 5.83. The van der Waals surface area contributed by atoms with Crippen LogP contribution in [0, 0.1) is 18.3 Å². The standard InChI is InChI=1S/C21H15ClN4O2/c1-13-2-7-17(25-20(27)15-5-3-14(12-23)4-6-15)11-18(13)26-21(28)16-8-9-24-19(22)10-16/h2-11H,1H3,(H,25,27)(H,26,28). The van der Waals surface area contributed by atoms with Crippen LogP contribution in [0.15, 0.2) is 60.8 Å². The van der Waals surface area contributed by atoms with Crippen molar-refractivity contribution in [2.24, 2.45) is 0 Å². The number of nitrogens with one attached hydrogen (secondary N) is 2. The van der Waals surface area contributed by atoms with Crippen LogP contribution in [-0.2, 0) is 0 Å². The summed E-state index contributed by atoms with van der Waals surface area (Å²) in [7, 11) is 0. The molecule has 0 atom stereocenters. The lowest BCUT2D eigenvalue weighted by Gasteiger charge is -2.12. The first-order valence-corrected chi connectivity index (χ1v) is 8.69. The lowest BCUT2D eigenvalue weighted by atomic mass is 10.1. The van der Waals surface area contributed by atoms with E-state index in [-0.39, 0.29) is 17.0 Å². The number of hydrogen-bond donors (Lipinski definition) is 2. The van der Waals surface area contributed by atoms with Crippen LogP contribution in [-0.4, -0.2) is 16.8 Å². The summed E-state index contributed by atoms with van der Waals surface area (Å²) in [5.74, 6) is -0.644. The molecule has 1 aromatic heterocycles. The molecule has 0 fully saturated rings. The molecule has 3 aromatic rings. The molecule has 7 heteroatoms. The third-order valence-electron chi connectivity index (χ3n) is 4.01. The minimum atomic E-state index is -0.331. The second-order valence-corrected chi connectivity index (χ2v) is 6.38. The van der Waals surface area contributed by atoms with Gasteiger partial charge < -0.3 is 10.6 Å². The molecule has 0 aliphatic carbocycles. The van der Waals surface area contributed by atoms with Gasteiger partial charge in [-0.15, -0.1) is 0 Å². The predicted molar refractivity (Wildman–Crippen MR) is 107 cm³/mol. The number of anilines is 2. The lowest BCUT2D eigenvalue weighted by molar-refractivity contribution is 0.101. The third-order valence-corrected chi connectivity index (χ3v) is 4.22. The van der Waals surface area contributed by atoms with E-state index in [4.69, 9.17) is 16.9 Å². The van der Waals surface area contributed by atoms with Crippen molar-refractivity contribution in [1.82, 2.24) is 4.98 Å². The molecule has 6 nitrogen and oxygen atoms in total. The third kappa shape index (κ3) is 4.53. The normalized spacial score (nSPS) is 10.0. The van der Waals surface area contributed by atoms with Crippen molar-refractivity contribution < 1.29 is 9.59 Å². The topological polar surface area (TPSA) is 94.9 Å². The van der Waals surface area contributed by atoms with Crippen LogP contribution in [0.2, 0.25) is 5.15 Å². The Kier molecular flexibility index (Phi) is 5.68. The van der Waals surface area contributed by atoms with Gasteiger partial charge in [0.2, 0.25) is 0 Å². The Morgan fingerprint density at radius 1 is 0.964 bits per heavy atom. The van der Waals surface area contributed by atoms with Crippen molar-refractivity contribution in [2.45, 2.75) is 6.92 Å². The maximum absolute atomic E-state index is 12.4. The molecule has 0 bridgehead atoms. The van der Waals surface area contributed by atoms with Crippen molar-refractivity contribution in [1.29, 1.82) is 5.26 Å². The fraction of sp³-hybridized carbons (Fsp3) is 0.0476. The van der Waals surface area contributed by atoms with Crippen LogP contribution < -0.4 is 10.6 Å². The van der Waals surface area contributed by atoms with E-state index < -0.39 is 0 Å². The largest absolute Gasteiger partial charge is 0.322 e. The summed E-state index contributed by atoms with van der Waals surface area (Å²) in [6.45, 7) is 1.85. The van der Waals surface area contributed by atoms with E-state index in [1.54, 1.807) is 48.5 Å². The van der Waals surface area contributed by atoms with Gasteiger partial charge in [0.15, 0.2) is 0 Å². The first kappa shape index (κ1) is 19.1. The van der Waals surface area contributed by atoms with E-state index in [0.29, 0.717) is 28.1 Å². The van der Waals surface area contributed by atoms with Crippen LogP contribution in [0.1, 0.15) is 31.8 Å². The van der Waals surface area contributed by atoms with E-state index in [2.05, 4.69) is 15.6 Å². The SMILES string of the molecule is Cc1ccc(NC(=O)c2ccc(C#N)cc2)cc1NC(=O)c1ccnc(Cl)c1. The van der Waals surface area contributed by atoms with E-state index in [9.17, 15) is 9.59 Å². The number of benzene rings is 2. The van der Waals surface area contributed by atoms with Crippen molar-refractivity contribution >= 4 is 34.8 Å². The smallest absolute Gasteiger partial charge is 0.255 e. The van der Waals surface area contributed by atoms with Crippen molar-refractivity contribution in [3.05, 3.63) is 88.2 Å². The molecule has 0 radical (unpaired) electrons. The zero-order chi connectivity index (χ0) is 20.1. The van der Waals surface area contributed by atoms with Crippen LogP contribution in [0.4, 0.5) is 11.4 Å². The maximum atomic E-state index is 12.4. The monoisotopic (exact) mass is 390 g/mol. The Labute approximate surface area is 166 Å². The molecular formula is C21H15ClN4O2. The number of amides is 2. The van der Waals surface area contributed by atoms with E-state index in [1.165, 1.54) is 12.3 Å². The molecule has 28 heavy (non-hydrogen) atoms. The highest BCUT2D eigenvalue weighted by Gasteiger charge is 2.11. The van der Waals surface area contributed by atoms with Gasteiger partial charge in [0.1, 0.15) is 5.15 Å².